The molecule has 5 nitrogen and oxygen atoms in total. The fourth-order valence-corrected chi connectivity index (χ4v) is 3.96. The number of methoxy groups -OCH3 is 1. The number of aryl methyl sites for hydroxylation is 1. The first kappa shape index (κ1) is 26.7. The van der Waals surface area contributed by atoms with Gasteiger partial charge >= 0.3 is 12.4 Å². The molecule has 35 heavy (non-hydrogen) atoms. The van der Waals surface area contributed by atoms with Crippen LogP contribution in [-0.4, -0.2) is 43.1 Å². The van der Waals surface area contributed by atoms with Crippen molar-refractivity contribution in [2.24, 2.45) is 5.92 Å². The molecule has 1 atom stereocenters. The molecule has 1 heterocycles. The highest BCUT2D eigenvalue weighted by molar-refractivity contribution is 5.95. The lowest BCUT2D eigenvalue weighted by Crippen LogP contribution is -2.54. The maximum absolute atomic E-state index is 13.4. The quantitative estimate of drug-likeness (QED) is 0.554. The van der Waals surface area contributed by atoms with Crippen LogP contribution in [-0.2, 0) is 16.8 Å². The largest absolute Gasteiger partial charge is 0.497 e. The number of halogens is 6. The SMILES string of the molecule is COc1cccc(OC2CCc3cc(C(O)(C(F)(F)F)C(F)(F)F)ccc3N(C(=O)C(C)C)C2)c1. The summed E-state index contributed by atoms with van der Waals surface area (Å²) in [7, 11) is 1.48. The smallest absolute Gasteiger partial charge is 0.430 e. The van der Waals surface area contributed by atoms with Gasteiger partial charge in [0.1, 0.15) is 17.6 Å². The highest BCUT2D eigenvalue weighted by atomic mass is 19.4. The zero-order valence-electron chi connectivity index (χ0n) is 19.2. The molecule has 11 heteroatoms. The Morgan fingerprint density at radius 2 is 1.66 bits per heavy atom. The molecule has 2 aromatic rings. The molecule has 0 radical (unpaired) electrons. The van der Waals surface area contributed by atoms with Gasteiger partial charge in [-0.1, -0.05) is 32.0 Å². The van der Waals surface area contributed by atoms with E-state index in [1.54, 1.807) is 38.1 Å². The molecular formula is C24H25F6NO4. The second kappa shape index (κ2) is 9.60. The number of amides is 1. The van der Waals surface area contributed by atoms with Crippen LogP contribution < -0.4 is 14.4 Å². The summed E-state index contributed by atoms with van der Waals surface area (Å²) >= 11 is 0. The molecule has 0 bridgehead atoms. The van der Waals surface area contributed by atoms with Gasteiger partial charge in [-0.25, -0.2) is 0 Å². The molecule has 1 aliphatic rings. The topological polar surface area (TPSA) is 59.0 Å². The van der Waals surface area contributed by atoms with Crippen LogP contribution in [0.15, 0.2) is 42.5 Å². The molecule has 0 aromatic heterocycles. The van der Waals surface area contributed by atoms with Gasteiger partial charge in [0.25, 0.3) is 5.60 Å². The third kappa shape index (κ3) is 5.19. The third-order valence-corrected chi connectivity index (χ3v) is 5.83. The van der Waals surface area contributed by atoms with E-state index in [9.17, 15) is 36.2 Å². The average Bonchev–Trinajstić information content (AvgIpc) is 2.95. The first-order valence-electron chi connectivity index (χ1n) is 10.8. The molecule has 3 rings (SSSR count). The Morgan fingerprint density at radius 3 is 2.23 bits per heavy atom. The van der Waals surface area contributed by atoms with Gasteiger partial charge < -0.3 is 19.5 Å². The molecule has 0 fully saturated rings. The minimum Gasteiger partial charge on any atom is -0.497 e. The van der Waals surface area contributed by atoms with Crippen LogP contribution in [0.25, 0.3) is 0 Å². The number of ether oxygens (including phenoxy) is 2. The van der Waals surface area contributed by atoms with E-state index in [0.717, 1.165) is 6.07 Å². The van der Waals surface area contributed by atoms with Crippen molar-refractivity contribution in [2.45, 2.75) is 50.7 Å². The Balaban J connectivity index is 2.03. The Kier molecular flexibility index (Phi) is 7.31. The van der Waals surface area contributed by atoms with Crippen molar-refractivity contribution in [3.63, 3.8) is 0 Å². The second-order valence-corrected chi connectivity index (χ2v) is 8.61. The van der Waals surface area contributed by atoms with E-state index in [4.69, 9.17) is 9.47 Å². The van der Waals surface area contributed by atoms with Gasteiger partial charge in [-0.15, -0.1) is 0 Å². The van der Waals surface area contributed by atoms with E-state index in [0.29, 0.717) is 23.6 Å². The molecule has 2 aromatic carbocycles. The number of carbonyl (C=O) groups excluding carboxylic acids is 1. The zero-order valence-corrected chi connectivity index (χ0v) is 19.2. The summed E-state index contributed by atoms with van der Waals surface area (Å²) in [5, 5.41) is 9.82. The number of fused-ring (bicyclic) bond motifs is 1. The van der Waals surface area contributed by atoms with E-state index >= 15 is 0 Å². The fourth-order valence-electron chi connectivity index (χ4n) is 3.96. The summed E-state index contributed by atoms with van der Waals surface area (Å²) in [6.07, 6.45) is -12.4. The monoisotopic (exact) mass is 505 g/mol. The molecule has 1 N–H and O–H groups in total. The predicted molar refractivity (Wildman–Crippen MR) is 115 cm³/mol. The van der Waals surface area contributed by atoms with E-state index in [2.05, 4.69) is 0 Å². The van der Waals surface area contributed by atoms with Crippen molar-refractivity contribution in [3.8, 4) is 11.5 Å². The molecular weight excluding hydrogens is 480 g/mol. The zero-order chi connectivity index (χ0) is 26.2. The highest BCUT2D eigenvalue weighted by Crippen LogP contribution is 2.50. The van der Waals surface area contributed by atoms with Crippen LogP contribution in [0.3, 0.4) is 0 Å². The lowest BCUT2D eigenvalue weighted by atomic mass is 9.89. The van der Waals surface area contributed by atoms with Crippen molar-refractivity contribution in [1.29, 1.82) is 0 Å². The van der Waals surface area contributed by atoms with Crippen molar-refractivity contribution in [1.82, 2.24) is 0 Å². The standard InChI is InChI=1S/C24H25F6NO4/c1-14(2)21(32)31-13-19(35-18-6-4-5-17(12-18)34-3)9-7-15-11-16(8-10-20(15)31)22(33,23(25,26)27)24(28,29)30/h4-6,8,10-12,14,19,33H,7,9,13H2,1-3H3. The first-order chi connectivity index (χ1) is 16.2. The highest BCUT2D eigenvalue weighted by Gasteiger charge is 2.71. The Bertz CT molecular complexity index is 1050. The third-order valence-electron chi connectivity index (χ3n) is 5.83. The van der Waals surface area contributed by atoms with Gasteiger partial charge in [-0.3, -0.25) is 4.79 Å². The normalized spacial score (nSPS) is 17.1. The van der Waals surface area contributed by atoms with Crippen LogP contribution in [0.4, 0.5) is 32.0 Å². The number of anilines is 1. The fraction of sp³-hybridized carbons (Fsp3) is 0.458. The van der Waals surface area contributed by atoms with Crippen LogP contribution >= 0.6 is 0 Å². The van der Waals surface area contributed by atoms with E-state index in [1.807, 2.05) is 0 Å². The molecule has 192 valence electrons. The van der Waals surface area contributed by atoms with Crippen molar-refractivity contribution in [3.05, 3.63) is 53.6 Å². The Labute approximate surface area is 198 Å². The lowest BCUT2D eigenvalue weighted by molar-refractivity contribution is -0.376. The summed E-state index contributed by atoms with van der Waals surface area (Å²) in [5.41, 5.74) is -6.17. The summed E-state index contributed by atoms with van der Waals surface area (Å²) in [6.45, 7) is 3.29. The van der Waals surface area contributed by atoms with Gasteiger partial charge in [0.15, 0.2) is 0 Å². The van der Waals surface area contributed by atoms with Crippen molar-refractivity contribution in [2.75, 3.05) is 18.6 Å². The van der Waals surface area contributed by atoms with Crippen LogP contribution in [0, 0.1) is 5.92 Å². The van der Waals surface area contributed by atoms with Gasteiger partial charge in [-0.2, -0.15) is 26.3 Å². The molecule has 1 unspecified atom stereocenters. The number of hydrogen-bond donors (Lipinski definition) is 1. The van der Waals surface area contributed by atoms with Gasteiger partial charge in [0, 0.05) is 23.2 Å². The predicted octanol–water partition coefficient (Wildman–Crippen LogP) is 5.39. The molecule has 0 spiro atoms. The van der Waals surface area contributed by atoms with Crippen LogP contribution in [0.2, 0.25) is 0 Å². The molecule has 0 saturated heterocycles. The summed E-state index contributed by atoms with van der Waals surface area (Å²) in [6, 6.07) is 8.93. The van der Waals surface area contributed by atoms with Crippen LogP contribution in [0.5, 0.6) is 11.5 Å². The molecule has 0 aliphatic carbocycles. The van der Waals surface area contributed by atoms with Crippen LogP contribution in [0.1, 0.15) is 31.4 Å². The number of alkyl halides is 6. The number of carbonyl (C=O) groups is 1. The van der Waals surface area contributed by atoms with Gasteiger partial charge in [-0.05, 0) is 36.6 Å². The molecule has 0 saturated carbocycles. The Morgan fingerprint density at radius 1 is 1.03 bits per heavy atom. The van der Waals surface area contributed by atoms with E-state index in [1.165, 1.54) is 12.0 Å². The summed E-state index contributed by atoms with van der Waals surface area (Å²) in [4.78, 5) is 14.3. The Hall–Kier alpha value is -2.95. The second-order valence-electron chi connectivity index (χ2n) is 8.61. The van der Waals surface area contributed by atoms with Crippen molar-refractivity contribution >= 4 is 11.6 Å². The number of rotatable bonds is 5. The lowest BCUT2D eigenvalue weighted by Gasteiger charge is -2.33. The number of nitrogens with zero attached hydrogens (tertiary/aromatic N) is 1. The first-order valence-corrected chi connectivity index (χ1v) is 10.8. The molecule has 1 aliphatic heterocycles. The van der Waals surface area contributed by atoms with Crippen molar-refractivity contribution < 1.29 is 45.7 Å². The maximum atomic E-state index is 13.4. The maximum Gasteiger partial charge on any atom is 0.430 e. The number of hydrogen-bond acceptors (Lipinski definition) is 4. The van der Waals surface area contributed by atoms with Gasteiger partial charge in [0.2, 0.25) is 5.91 Å². The number of benzene rings is 2. The number of aliphatic hydroxyl groups is 1. The summed E-state index contributed by atoms with van der Waals surface area (Å²) in [5.74, 6) is 0.0848. The summed E-state index contributed by atoms with van der Waals surface area (Å²) < 4.78 is 91.6. The average molecular weight is 505 g/mol. The van der Waals surface area contributed by atoms with Gasteiger partial charge in [0.05, 0.1) is 13.7 Å². The van der Waals surface area contributed by atoms with E-state index in [-0.39, 0.29) is 36.5 Å². The minimum atomic E-state index is -6.00. The molecule has 1 amide bonds. The minimum absolute atomic E-state index is 0.0193. The van der Waals surface area contributed by atoms with E-state index < -0.39 is 35.5 Å².